The molecule has 7 nitrogen and oxygen atoms in total. The molecule has 2 aromatic rings. The van der Waals surface area contributed by atoms with Crippen molar-refractivity contribution in [2.45, 2.75) is 43.9 Å². The summed E-state index contributed by atoms with van der Waals surface area (Å²) in [6.45, 7) is 5.48. The number of hydrogen-bond acceptors (Lipinski definition) is 6. The van der Waals surface area contributed by atoms with Gasteiger partial charge < -0.3 is 19.7 Å². The lowest BCUT2D eigenvalue weighted by molar-refractivity contribution is -0.120. The fourth-order valence-electron chi connectivity index (χ4n) is 3.18. The van der Waals surface area contributed by atoms with Crippen molar-refractivity contribution in [3.63, 3.8) is 0 Å². The molecule has 0 saturated heterocycles. The first-order chi connectivity index (χ1) is 15.5. The fourth-order valence-corrected chi connectivity index (χ4v) is 5.05. The third-order valence-electron chi connectivity index (χ3n) is 4.66. The number of amides is 2. The summed E-state index contributed by atoms with van der Waals surface area (Å²) in [5, 5.41) is 3.27. The van der Waals surface area contributed by atoms with Gasteiger partial charge in [0.05, 0.1) is 24.9 Å². The Morgan fingerprint density at radius 2 is 1.91 bits per heavy atom. The van der Waals surface area contributed by atoms with E-state index in [9.17, 15) is 14.4 Å². The second kappa shape index (κ2) is 10.4. The van der Waals surface area contributed by atoms with Crippen LogP contribution in [0.4, 0.5) is 10.5 Å². The molecule has 176 valence electrons. The summed E-state index contributed by atoms with van der Waals surface area (Å²) in [5.74, 6) is -0.548. The third kappa shape index (κ3) is 6.43. The smallest absolute Gasteiger partial charge is 0.408 e. The van der Waals surface area contributed by atoms with Crippen molar-refractivity contribution in [3.8, 4) is 0 Å². The number of fused-ring (bicyclic) bond motifs is 1. The Hall–Kier alpha value is -2.23. The summed E-state index contributed by atoms with van der Waals surface area (Å²) in [7, 11) is 1.30. The van der Waals surface area contributed by atoms with Crippen LogP contribution in [0.15, 0.2) is 45.8 Å². The molecule has 3 rings (SSSR count). The predicted molar refractivity (Wildman–Crippen MR) is 132 cm³/mol. The minimum absolute atomic E-state index is 0.221. The molecule has 1 N–H and O–H groups in total. The van der Waals surface area contributed by atoms with Crippen molar-refractivity contribution in [2.75, 3.05) is 17.8 Å². The number of rotatable bonds is 4. The summed E-state index contributed by atoms with van der Waals surface area (Å²) in [6.07, 6.45) is -0.671. The van der Waals surface area contributed by atoms with Crippen LogP contribution in [0.3, 0.4) is 0 Å². The lowest BCUT2D eigenvalue weighted by Gasteiger charge is -2.27. The number of hydrogen-bond donors (Lipinski definition) is 1. The molecule has 33 heavy (non-hydrogen) atoms. The van der Waals surface area contributed by atoms with Gasteiger partial charge in [-0.3, -0.25) is 4.79 Å². The highest BCUT2D eigenvalue weighted by Gasteiger charge is 2.34. The van der Waals surface area contributed by atoms with Gasteiger partial charge in [-0.1, -0.05) is 23.7 Å². The van der Waals surface area contributed by atoms with Crippen molar-refractivity contribution in [1.29, 1.82) is 0 Å². The Morgan fingerprint density at radius 3 is 2.52 bits per heavy atom. The minimum Gasteiger partial charge on any atom is -0.465 e. The van der Waals surface area contributed by atoms with Gasteiger partial charge in [-0.25, -0.2) is 9.59 Å². The average molecular weight is 556 g/mol. The molecule has 0 saturated carbocycles. The van der Waals surface area contributed by atoms with E-state index in [0.29, 0.717) is 26.5 Å². The first-order valence-corrected chi connectivity index (χ1v) is 12.2. The van der Waals surface area contributed by atoms with E-state index in [1.807, 2.05) is 12.1 Å². The zero-order chi connectivity index (χ0) is 24.3. The van der Waals surface area contributed by atoms with E-state index in [1.54, 1.807) is 49.9 Å². The summed E-state index contributed by atoms with van der Waals surface area (Å²) in [4.78, 5) is 40.6. The number of halogens is 2. The Labute approximate surface area is 210 Å². The van der Waals surface area contributed by atoms with E-state index in [0.717, 1.165) is 10.5 Å². The summed E-state index contributed by atoms with van der Waals surface area (Å²) in [5.41, 5.74) is 0.988. The number of esters is 1. The molecule has 2 amide bonds. The highest BCUT2D eigenvalue weighted by Crippen LogP contribution is 2.39. The topological polar surface area (TPSA) is 84.9 Å². The van der Waals surface area contributed by atoms with Crippen LogP contribution in [0.2, 0.25) is 5.02 Å². The molecule has 0 bridgehead atoms. The van der Waals surface area contributed by atoms with E-state index >= 15 is 0 Å². The van der Waals surface area contributed by atoms with Gasteiger partial charge in [0.1, 0.15) is 11.6 Å². The molecule has 1 aliphatic heterocycles. The molecule has 0 spiro atoms. The lowest BCUT2D eigenvalue weighted by atomic mass is 10.1. The number of carbonyl (C=O) groups excluding carboxylic acids is 3. The molecular formula is C23H24BrClN2O5S. The fraction of sp³-hybridized carbons (Fsp3) is 0.348. The first-order valence-electron chi connectivity index (χ1n) is 10.1. The maximum atomic E-state index is 13.6. The van der Waals surface area contributed by atoms with Crippen LogP contribution >= 0.6 is 39.3 Å². The molecule has 0 aromatic heterocycles. The van der Waals surface area contributed by atoms with E-state index in [1.165, 1.54) is 18.9 Å². The molecule has 2 aromatic carbocycles. The minimum atomic E-state index is -0.829. The number of thioether (sulfide) groups is 1. The Morgan fingerprint density at radius 1 is 1.24 bits per heavy atom. The SMILES string of the molecule is COC(=O)c1cc2c(cc1Br)SC[C@H](NC(=O)OC(C)(C)C)C(=O)N2Cc1ccc(Cl)cc1. The van der Waals surface area contributed by atoms with Crippen LogP contribution in [-0.4, -0.2) is 42.5 Å². The molecule has 10 heteroatoms. The zero-order valence-electron chi connectivity index (χ0n) is 18.6. The van der Waals surface area contributed by atoms with Crippen LogP contribution in [0.1, 0.15) is 36.7 Å². The molecule has 0 aliphatic carbocycles. The lowest BCUT2D eigenvalue weighted by Crippen LogP contribution is -2.50. The highest BCUT2D eigenvalue weighted by molar-refractivity contribution is 9.10. The predicted octanol–water partition coefficient (Wildman–Crippen LogP) is 5.42. The van der Waals surface area contributed by atoms with Gasteiger partial charge in [-0.15, -0.1) is 11.8 Å². The number of anilines is 1. The second-order valence-corrected chi connectivity index (χ2v) is 10.7. The summed E-state index contributed by atoms with van der Waals surface area (Å²) < 4.78 is 10.8. The normalized spacial score (nSPS) is 16.0. The van der Waals surface area contributed by atoms with E-state index in [-0.39, 0.29) is 12.5 Å². The molecule has 1 heterocycles. The molecule has 0 radical (unpaired) electrons. The van der Waals surface area contributed by atoms with Gasteiger partial charge in [0.2, 0.25) is 0 Å². The Kier molecular flexibility index (Phi) is 7.97. The van der Waals surface area contributed by atoms with Crippen LogP contribution < -0.4 is 10.2 Å². The van der Waals surface area contributed by atoms with Gasteiger partial charge in [-0.2, -0.15) is 0 Å². The van der Waals surface area contributed by atoms with Gasteiger partial charge in [0, 0.05) is 20.1 Å². The summed E-state index contributed by atoms with van der Waals surface area (Å²) >= 11 is 10.8. The van der Waals surface area contributed by atoms with Crippen molar-refractivity contribution >= 4 is 62.9 Å². The van der Waals surface area contributed by atoms with Crippen molar-refractivity contribution < 1.29 is 23.9 Å². The molecule has 1 atom stereocenters. The summed E-state index contributed by atoms with van der Waals surface area (Å²) in [6, 6.07) is 9.71. The zero-order valence-corrected chi connectivity index (χ0v) is 21.8. The largest absolute Gasteiger partial charge is 0.465 e. The molecule has 1 aliphatic rings. The number of alkyl carbamates (subject to hydrolysis) is 1. The van der Waals surface area contributed by atoms with Crippen LogP contribution in [-0.2, 0) is 20.8 Å². The number of nitrogens with one attached hydrogen (secondary N) is 1. The Bertz CT molecular complexity index is 1070. The number of nitrogens with zero attached hydrogens (tertiary/aromatic N) is 1. The van der Waals surface area contributed by atoms with Gasteiger partial charge in [-0.05, 0) is 66.5 Å². The molecule has 0 fully saturated rings. The molecular weight excluding hydrogens is 532 g/mol. The highest BCUT2D eigenvalue weighted by atomic mass is 79.9. The van der Waals surface area contributed by atoms with E-state index < -0.39 is 23.7 Å². The third-order valence-corrected chi connectivity index (χ3v) is 6.71. The number of ether oxygens (including phenoxy) is 2. The van der Waals surface area contributed by atoms with Crippen LogP contribution in [0.25, 0.3) is 0 Å². The van der Waals surface area contributed by atoms with Crippen LogP contribution in [0.5, 0.6) is 0 Å². The van der Waals surface area contributed by atoms with Gasteiger partial charge in [0.25, 0.3) is 5.91 Å². The van der Waals surface area contributed by atoms with E-state index in [4.69, 9.17) is 21.1 Å². The average Bonchev–Trinajstić information content (AvgIpc) is 2.85. The number of benzene rings is 2. The van der Waals surface area contributed by atoms with Crippen LogP contribution in [0, 0.1) is 0 Å². The standard InChI is InChI=1S/C23H24BrClN2O5S/c1-23(2,3)32-22(30)26-17-12-33-19-10-16(24)15(21(29)31-4)9-18(19)27(20(17)28)11-13-5-7-14(25)8-6-13/h5-10,17H,11-12H2,1-4H3,(H,26,30)/t17-/m0/s1. The maximum absolute atomic E-state index is 13.6. The second-order valence-electron chi connectivity index (χ2n) is 8.35. The maximum Gasteiger partial charge on any atom is 0.408 e. The molecule has 0 unspecified atom stereocenters. The van der Waals surface area contributed by atoms with Gasteiger partial charge in [0.15, 0.2) is 0 Å². The van der Waals surface area contributed by atoms with Crippen molar-refractivity contribution in [1.82, 2.24) is 5.32 Å². The Balaban J connectivity index is 2.01. The number of carbonyl (C=O) groups is 3. The van der Waals surface area contributed by atoms with E-state index in [2.05, 4.69) is 21.2 Å². The van der Waals surface area contributed by atoms with Crippen molar-refractivity contribution in [2.24, 2.45) is 0 Å². The number of methoxy groups -OCH3 is 1. The van der Waals surface area contributed by atoms with Crippen molar-refractivity contribution in [3.05, 3.63) is 57.0 Å². The monoisotopic (exact) mass is 554 g/mol. The quantitative estimate of drug-likeness (QED) is 0.507. The first kappa shape index (κ1) is 25.4. The van der Waals surface area contributed by atoms with Gasteiger partial charge >= 0.3 is 12.1 Å².